The van der Waals surface area contributed by atoms with Gasteiger partial charge in [0.2, 0.25) is 11.8 Å². The highest BCUT2D eigenvalue weighted by Crippen LogP contribution is 2.38. The van der Waals surface area contributed by atoms with Gasteiger partial charge in [-0.25, -0.2) is 0 Å². The molecular formula is C29H39N3O2S. The lowest BCUT2D eigenvalue weighted by Crippen LogP contribution is -2.57. The molecule has 2 atom stereocenters. The zero-order chi connectivity index (χ0) is 24.4. The molecule has 2 fully saturated rings. The van der Waals surface area contributed by atoms with Crippen molar-refractivity contribution in [2.75, 3.05) is 32.7 Å². The Bertz CT molecular complexity index is 1030. The second-order valence-corrected chi connectivity index (χ2v) is 11.8. The Kier molecular flexibility index (Phi) is 7.59. The van der Waals surface area contributed by atoms with Gasteiger partial charge in [-0.05, 0) is 55.2 Å². The lowest BCUT2D eigenvalue weighted by Gasteiger charge is -2.42. The van der Waals surface area contributed by atoms with Crippen molar-refractivity contribution in [3.63, 3.8) is 0 Å². The molecule has 5 nitrogen and oxygen atoms in total. The molecule has 1 aromatic carbocycles. The molecule has 5 rings (SSSR count). The molecule has 3 heterocycles. The summed E-state index contributed by atoms with van der Waals surface area (Å²) in [5.74, 6) is 1.20. The molecular weight excluding hydrogens is 454 g/mol. The Morgan fingerprint density at radius 2 is 1.77 bits per heavy atom. The quantitative estimate of drug-likeness (QED) is 0.567. The fourth-order valence-corrected chi connectivity index (χ4v) is 7.18. The van der Waals surface area contributed by atoms with Gasteiger partial charge in [-0.2, -0.15) is 0 Å². The highest BCUT2D eigenvalue weighted by Gasteiger charge is 2.34. The third-order valence-electron chi connectivity index (χ3n) is 8.34. The summed E-state index contributed by atoms with van der Waals surface area (Å²) in [6.07, 6.45) is 7.93. The predicted octanol–water partition coefficient (Wildman–Crippen LogP) is 5.03. The summed E-state index contributed by atoms with van der Waals surface area (Å²) in [4.78, 5) is 34.1. The third-order valence-corrected chi connectivity index (χ3v) is 9.34. The van der Waals surface area contributed by atoms with Gasteiger partial charge in [0.15, 0.2) is 0 Å². The summed E-state index contributed by atoms with van der Waals surface area (Å²) in [7, 11) is 0. The summed E-state index contributed by atoms with van der Waals surface area (Å²) in [6.45, 7) is 7.48. The molecule has 35 heavy (non-hydrogen) atoms. The second-order valence-electron chi connectivity index (χ2n) is 10.8. The third kappa shape index (κ3) is 5.49. The van der Waals surface area contributed by atoms with Crippen LogP contribution in [0.1, 0.15) is 73.1 Å². The van der Waals surface area contributed by atoms with E-state index in [-0.39, 0.29) is 23.9 Å². The molecule has 188 valence electrons. The van der Waals surface area contributed by atoms with Crippen LogP contribution in [-0.2, 0) is 16.0 Å². The van der Waals surface area contributed by atoms with Crippen LogP contribution in [0.15, 0.2) is 35.7 Å². The zero-order valence-electron chi connectivity index (χ0n) is 21.2. The minimum Gasteiger partial charge on any atom is -0.338 e. The largest absolute Gasteiger partial charge is 0.338 e. The average Bonchev–Trinajstić information content (AvgIpc) is 3.55. The number of nitrogens with zero attached hydrogens (tertiary/aromatic N) is 3. The smallest absolute Gasteiger partial charge is 0.236 e. The molecule has 0 unspecified atom stereocenters. The molecule has 1 aromatic heterocycles. The van der Waals surface area contributed by atoms with Gasteiger partial charge in [0.05, 0.1) is 12.6 Å². The first-order chi connectivity index (χ1) is 17.0. The molecule has 2 amide bonds. The standard InChI is InChI=1S/C29H39N3O2S/c1-21-7-10-24(11-8-21)29-25-14-18-35-26(25)13-15-31(29)20-28(34)30-16-17-32(22(2)19-30)27(33)12-9-23-5-3-4-6-23/h7-8,10-11,14,18,22-23,29H,3-6,9,12-13,15-17,19-20H2,1-2H3/t22-,29-/m1/s1. The minimum absolute atomic E-state index is 0.0847. The van der Waals surface area contributed by atoms with Crippen molar-refractivity contribution in [2.45, 2.75) is 70.9 Å². The molecule has 1 aliphatic carbocycles. The zero-order valence-corrected chi connectivity index (χ0v) is 22.1. The molecule has 6 heteroatoms. The predicted molar refractivity (Wildman–Crippen MR) is 142 cm³/mol. The van der Waals surface area contributed by atoms with E-state index in [4.69, 9.17) is 0 Å². The molecule has 1 saturated carbocycles. The number of carbonyl (C=O) groups is 2. The van der Waals surface area contributed by atoms with Gasteiger partial charge in [0, 0.05) is 43.5 Å². The van der Waals surface area contributed by atoms with Crippen molar-refractivity contribution in [3.05, 3.63) is 57.3 Å². The fourth-order valence-electron chi connectivity index (χ4n) is 6.28. The van der Waals surface area contributed by atoms with Crippen LogP contribution in [0, 0.1) is 12.8 Å². The number of thiophene rings is 1. The van der Waals surface area contributed by atoms with Crippen molar-refractivity contribution < 1.29 is 9.59 Å². The monoisotopic (exact) mass is 493 g/mol. The van der Waals surface area contributed by atoms with Crippen LogP contribution in [0.4, 0.5) is 0 Å². The van der Waals surface area contributed by atoms with Crippen molar-refractivity contribution >= 4 is 23.2 Å². The summed E-state index contributed by atoms with van der Waals surface area (Å²) in [5, 5.41) is 2.18. The van der Waals surface area contributed by atoms with Gasteiger partial charge in [0.1, 0.15) is 0 Å². The van der Waals surface area contributed by atoms with Crippen LogP contribution in [-0.4, -0.2) is 65.3 Å². The van der Waals surface area contributed by atoms with E-state index in [2.05, 4.69) is 54.5 Å². The molecule has 0 bridgehead atoms. The van der Waals surface area contributed by atoms with Crippen LogP contribution in [0.25, 0.3) is 0 Å². The van der Waals surface area contributed by atoms with Crippen molar-refractivity contribution in [3.8, 4) is 0 Å². The topological polar surface area (TPSA) is 43.9 Å². The maximum Gasteiger partial charge on any atom is 0.236 e. The van der Waals surface area contributed by atoms with Crippen molar-refractivity contribution in [2.24, 2.45) is 5.92 Å². The van der Waals surface area contributed by atoms with Gasteiger partial charge in [-0.1, -0.05) is 55.5 Å². The van der Waals surface area contributed by atoms with Gasteiger partial charge < -0.3 is 9.80 Å². The Hall–Kier alpha value is -2.18. The maximum absolute atomic E-state index is 13.5. The van der Waals surface area contributed by atoms with Crippen LogP contribution in [0.3, 0.4) is 0 Å². The number of hydrogen-bond donors (Lipinski definition) is 0. The fraction of sp³-hybridized carbons (Fsp3) is 0.586. The number of rotatable bonds is 6. The Morgan fingerprint density at radius 3 is 2.51 bits per heavy atom. The van der Waals surface area contributed by atoms with E-state index in [0.717, 1.165) is 25.3 Å². The van der Waals surface area contributed by atoms with Gasteiger partial charge in [0.25, 0.3) is 0 Å². The number of amides is 2. The van der Waals surface area contributed by atoms with E-state index >= 15 is 0 Å². The van der Waals surface area contributed by atoms with E-state index in [1.807, 2.05) is 21.1 Å². The molecule has 2 aliphatic heterocycles. The van der Waals surface area contributed by atoms with Crippen LogP contribution in [0.5, 0.6) is 0 Å². The molecule has 0 N–H and O–H groups in total. The number of piperazine rings is 1. The molecule has 3 aliphatic rings. The first-order valence-corrected chi connectivity index (χ1v) is 14.3. The van der Waals surface area contributed by atoms with Gasteiger partial charge in [-0.3, -0.25) is 14.5 Å². The van der Waals surface area contributed by atoms with Crippen molar-refractivity contribution in [1.82, 2.24) is 14.7 Å². The van der Waals surface area contributed by atoms with Crippen LogP contribution in [0.2, 0.25) is 0 Å². The SMILES string of the molecule is Cc1ccc([C@@H]2c3ccsc3CCN2CC(=O)N2CCN(C(=O)CCC3CCCC3)[C@H](C)C2)cc1. The van der Waals surface area contributed by atoms with E-state index in [1.54, 1.807) is 0 Å². The normalized spacial score (nSPS) is 23.5. The second kappa shape index (κ2) is 10.8. The number of fused-ring (bicyclic) bond motifs is 1. The highest BCUT2D eigenvalue weighted by atomic mass is 32.1. The summed E-state index contributed by atoms with van der Waals surface area (Å²) in [5.41, 5.74) is 3.86. The lowest BCUT2D eigenvalue weighted by molar-refractivity contribution is -0.143. The van der Waals surface area contributed by atoms with Crippen LogP contribution >= 0.6 is 11.3 Å². The number of benzene rings is 1. The summed E-state index contributed by atoms with van der Waals surface area (Å²) < 4.78 is 0. The van der Waals surface area contributed by atoms with Crippen molar-refractivity contribution in [1.29, 1.82) is 0 Å². The van der Waals surface area contributed by atoms with Gasteiger partial charge in [-0.15, -0.1) is 11.3 Å². The molecule has 2 aromatic rings. The number of aryl methyl sites for hydroxylation is 1. The first-order valence-electron chi connectivity index (χ1n) is 13.4. The Morgan fingerprint density at radius 1 is 1.00 bits per heavy atom. The van der Waals surface area contributed by atoms with Crippen LogP contribution < -0.4 is 0 Å². The molecule has 1 saturated heterocycles. The Balaban J connectivity index is 1.20. The average molecular weight is 494 g/mol. The summed E-state index contributed by atoms with van der Waals surface area (Å²) in [6, 6.07) is 11.2. The maximum atomic E-state index is 13.5. The number of carbonyl (C=O) groups excluding carboxylic acids is 2. The van der Waals surface area contributed by atoms with E-state index in [0.29, 0.717) is 32.6 Å². The van der Waals surface area contributed by atoms with E-state index in [1.165, 1.54) is 47.3 Å². The lowest BCUT2D eigenvalue weighted by atomic mass is 9.92. The Labute approximate surface area is 214 Å². The summed E-state index contributed by atoms with van der Waals surface area (Å²) >= 11 is 1.83. The van der Waals surface area contributed by atoms with Gasteiger partial charge >= 0.3 is 0 Å². The minimum atomic E-state index is 0.0847. The molecule has 0 spiro atoms. The first kappa shape index (κ1) is 24.5. The van der Waals surface area contributed by atoms with E-state index in [9.17, 15) is 9.59 Å². The highest BCUT2D eigenvalue weighted by molar-refractivity contribution is 7.10. The van der Waals surface area contributed by atoms with E-state index < -0.39 is 0 Å². The molecule has 0 radical (unpaired) electrons. The number of hydrogen-bond acceptors (Lipinski definition) is 4.